The number of rotatable bonds is 3. The summed E-state index contributed by atoms with van der Waals surface area (Å²) in [6, 6.07) is 6.99. The minimum absolute atomic E-state index is 0.0778. The lowest BCUT2D eigenvalue weighted by atomic mass is 10.0. The molecule has 1 fully saturated rings. The Hall–Kier alpha value is -1.54. The van der Waals surface area contributed by atoms with Gasteiger partial charge >= 0.3 is 0 Å². The molecule has 1 aromatic carbocycles. The number of nitriles is 1. The number of sulfone groups is 1. The van der Waals surface area contributed by atoms with Crippen LogP contribution in [0, 0.1) is 11.3 Å². The zero-order valence-corrected chi connectivity index (χ0v) is 11.6. The fourth-order valence-electron chi connectivity index (χ4n) is 2.64. The van der Waals surface area contributed by atoms with E-state index in [2.05, 4.69) is 0 Å². The fourth-order valence-corrected chi connectivity index (χ4v) is 4.60. The highest BCUT2D eigenvalue weighted by atomic mass is 32.2. The first kappa shape index (κ1) is 13.9. The predicted octanol–water partition coefficient (Wildman–Crippen LogP) is 2.39. The van der Waals surface area contributed by atoms with Crippen molar-refractivity contribution in [3.8, 4) is 6.07 Å². The van der Waals surface area contributed by atoms with Crippen LogP contribution in [0.4, 0.5) is 5.69 Å². The molecule has 2 N–H and O–H groups in total. The molecule has 1 aliphatic rings. The highest BCUT2D eigenvalue weighted by Crippen LogP contribution is 2.27. The summed E-state index contributed by atoms with van der Waals surface area (Å²) in [7, 11) is -3.19. The molecule has 4 nitrogen and oxygen atoms in total. The average molecular weight is 278 g/mol. The van der Waals surface area contributed by atoms with Gasteiger partial charge in [0.25, 0.3) is 0 Å². The summed E-state index contributed by atoms with van der Waals surface area (Å²) in [4.78, 5) is 0. The van der Waals surface area contributed by atoms with E-state index >= 15 is 0 Å². The van der Waals surface area contributed by atoms with Crippen molar-refractivity contribution in [3.05, 3.63) is 29.3 Å². The highest BCUT2D eigenvalue weighted by molar-refractivity contribution is 7.91. The second-order valence-electron chi connectivity index (χ2n) is 5.06. The summed E-state index contributed by atoms with van der Waals surface area (Å²) in [6.45, 7) is 0. The molecule has 0 heterocycles. The van der Waals surface area contributed by atoms with E-state index in [1.165, 1.54) is 0 Å². The SMILES string of the molecule is N#Cc1c(N)cccc1CS(=O)(=O)C1CCCCC1. The van der Waals surface area contributed by atoms with Crippen molar-refractivity contribution in [2.75, 3.05) is 5.73 Å². The third-order valence-corrected chi connectivity index (χ3v) is 5.91. The molecule has 0 aliphatic heterocycles. The molecule has 102 valence electrons. The Morgan fingerprint density at radius 2 is 1.95 bits per heavy atom. The normalized spacial score (nSPS) is 17.0. The van der Waals surface area contributed by atoms with E-state index in [0.29, 0.717) is 16.8 Å². The Kier molecular flexibility index (Phi) is 4.11. The van der Waals surface area contributed by atoms with Gasteiger partial charge in [-0.25, -0.2) is 8.42 Å². The van der Waals surface area contributed by atoms with E-state index in [4.69, 9.17) is 11.0 Å². The summed E-state index contributed by atoms with van der Waals surface area (Å²) < 4.78 is 24.8. The number of nitrogens with zero attached hydrogens (tertiary/aromatic N) is 1. The van der Waals surface area contributed by atoms with E-state index in [1.54, 1.807) is 18.2 Å². The highest BCUT2D eigenvalue weighted by Gasteiger charge is 2.28. The number of nitrogen functional groups attached to an aromatic ring is 1. The van der Waals surface area contributed by atoms with Gasteiger partial charge in [-0.2, -0.15) is 5.26 Å². The van der Waals surface area contributed by atoms with Crippen LogP contribution < -0.4 is 5.73 Å². The summed E-state index contributed by atoms with van der Waals surface area (Å²) >= 11 is 0. The Morgan fingerprint density at radius 3 is 2.58 bits per heavy atom. The Balaban J connectivity index is 2.25. The lowest BCUT2D eigenvalue weighted by Gasteiger charge is -2.22. The van der Waals surface area contributed by atoms with Gasteiger partial charge in [0, 0.05) is 5.69 Å². The van der Waals surface area contributed by atoms with Gasteiger partial charge in [-0.05, 0) is 24.5 Å². The quantitative estimate of drug-likeness (QED) is 0.860. The van der Waals surface area contributed by atoms with Crippen LogP contribution in [-0.4, -0.2) is 13.7 Å². The second-order valence-corrected chi connectivity index (χ2v) is 7.34. The molecule has 0 saturated heterocycles. The van der Waals surface area contributed by atoms with Crippen molar-refractivity contribution in [1.29, 1.82) is 5.26 Å². The zero-order valence-electron chi connectivity index (χ0n) is 10.8. The maximum Gasteiger partial charge on any atom is 0.157 e. The molecule has 0 amide bonds. The van der Waals surface area contributed by atoms with E-state index in [-0.39, 0.29) is 11.0 Å². The fraction of sp³-hybridized carbons (Fsp3) is 0.500. The molecular formula is C14H18N2O2S. The summed E-state index contributed by atoms with van der Waals surface area (Å²) in [5.41, 5.74) is 6.87. The third-order valence-electron chi connectivity index (χ3n) is 3.71. The zero-order chi connectivity index (χ0) is 13.9. The number of hydrogen-bond donors (Lipinski definition) is 1. The van der Waals surface area contributed by atoms with Gasteiger partial charge in [0.05, 0.1) is 16.6 Å². The molecule has 19 heavy (non-hydrogen) atoms. The maximum atomic E-state index is 12.4. The van der Waals surface area contributed by atoms with E-state index in [1.807, 2.05) is 6.07 Å². The number of nitrogens with two attached hydrogens (primary N) is 1. The molecule has 0 radical (unpaired) electrons. The summed E-state index contributed by atoms with van der Waals surface area (Å²) in [5.74, 6) is -0.0778. The molecule has 0 atom stereocenters. The molecule has 0 bridgehead atoms. The van der Waals surface area contributed by atoms with Crippen LogP contribution in [0.15, 0.2) is 18.2 Å². The van der Waals surface area contributed by atoms with Gasteiger partial charge in [0.1, 0.15) is 6.07 Å². The van der Waals surface area contributed by atoms with E-state index < -0.39 is 9.84 Å². The van der Waals surface area contributed by atoms with Crippen molar-refractivity contribution < 1.29 is 8.42 Å². The number of hydrogen-bond acceptors (Lipinski definition) is 4. The molecule has 2 rings (SSSR count). The Labute approximate surface area is 114 Å². The van der Waals surface area contributed by atoms with Gasteiger partial charge in [-0.1, -0.05) is 31.4 Å². The third kappa shape index (κ3) is 3.07. The lowest BCUT2D eigenvalue weighted by Crippen LogP contribution is -2.25. The largest absolute Gasteiger partial charge is 0.398 e. The van der Waals surface area contributed by atoms with Crippen LogP contribution in [-0.2, 0) is 15.6 Å². The van der Waals surface area contributed by atoms with E-state index in [0.717, 1.165) is 32.1 Å². The van der Waals surface area contributed by atoms with Crippen LogP contribution in [0.5, 0.6) is 0 Å². The molecule has 5 heteroatoms. The first-order valence-corrected chi connectivity index (χ1v) is 8.25. The van der Waals surface area contributed by atoms with Crippen LogP contribution in [0.1, 0.15) is 43.2 Å². The molecule has 1 aromatic rings. The minimum Gasteiger partial charge on any atom is -0.398 e. The van der Waals surface area contributed by atoms with Crippen LogP contribution >= 0.6 is 0 Å². The monoisotopic (exact) mass is 278 g/mol. The first-order valence-electron chi connectivity index (χ1n) is 6.53. The summed E-state index contributed by atoms with van der Waals surface area (Å²) in [6.07, 6.45) is 4.56. The number of benzene rings is 1. The first-order chi connectivity index (χ1) is 9.04. The van der Waals surface area contributed by atoms with Gasteiger partial charge in [0.2, 0.25) is 0 Å². The average Bonchev–Trinajstić information content (AvgIpc) is 2.40. The molecule has 1 aliphatic carbocycles. The van der Waals surface area contributed by atoms with Gasteiger partial charge in [-0.3, -0.25) is 0 Å². The Morgan fingerprint density at radius 1 is 1.26 bits per heavy atom. The second kappa shape index (κ2) is 5.62. The van der Waals surface area contributed by atoms with Gasteiger partial charge < -0.3 is 5.73 Å². The lowest BCUT2D eigenvalue weighted by molar-refractivity contribution is 0.483. The standard InChI is InChI=1S/C14H18N2O2S/c15-9-13-11(5-4-8-14(13)16)10-19(17,18)12-6-2-1-3-7-12/h4-5,8,12H,1-3,6-7,10,16H2. The van der Waals surface area contributed by atoms with Crippen LogP contribution in [0.3, 0.4) is 0 Å². The molecule has 1 saturated carbocycles. The van der Waals surface area contributed by atoms with Crippen molar-refractivity contribution in [1.82, 2.24) is 0 Å². The van der Waals surface area contributed by atoms with Crippen LogP contribution in [0.2, 0.25) is 0 Å². The van der Waals surface area contributed by atoms with Crippen molar-refractivity contribution in [2.45, 2.75) is 43.1 Å². The van der Waals surface area contributed by atoms with Gasteiger partial charge in [0.15, 0.2) is 9.84 Å². The smallest absolute Gasteiger partial charge is 0.157 e. The van der Waals surface area contributed by atoms with E-state index in [9.17, 15) is 8.42 Å². The maximum absolute atomic E-state index is 12.4. The van der Waals surface area contributed by atoms with Crippen molar-refractivity contribution >= 4 is 15.5 Å². The molecule has 0 spiro atoms. The van der Waals surface area contributed by atoms with Crippen molar-refractivity contribution in [3.63, 3.8) is 0 Å². The van der Waals surface area contributed by atoms with Crippen molar-refractivity contribution in [2.24, 2.45) is 0 Å². The molecular weight excluding hydrogens is 260 g/mol. The molecule has 0 unspecified atom stereocenters. The Bertz CT molecular complexity index is 596. The number of anilines is 1. The minimum atomic E-state index is -3.19. The van der Waals surface area contributed by atoms with Gasteiger partial charge in [-0.15, -0.1) is 0 Å². The topological polar surface area (TPSA) is 83.9 Å². The molecule has 0 aromatic heterocycles. The predicted molar refractivity (Wildman–Crippen MR) is 75.1 cm³/mol. The summed E-state index contributed by atoms with van der Waals surface area (Å²) in [5, 5.41) is 8.83. The van der Waals surface area contributed by atoms with Crippen LogP contribution in [0.25, 0.3) is 0 Å².